The number of piperidine rings is 1. The number of methoxy groups -OCH3 is 1. The summed E-state index contributed by atoms with van der Waals surface area (Å²) in [5.74, 6) is -1.24. The number of fused-ring (bicyclic) bond motifs is 1. The molecule has 1 atom stereocenters. The normalized spacial score (nSPS) is 26.4. The number of hydrogen-bond acceptors (Lipinski definition) is 6. The summed E-state index contributed by atoms with van der Waals surface area (Å²) in [5.41, 5.74) is 1.03. The summed E-state index contributed by atoms with van der Waals surface area (Å²) >= 11 is 5.26. The first-order valence-corrected chi connectivity index (χ1v) is 9.84. The lowest BCUT2D eigenvalue weighted by Crippen LogP contribution is -2.49. The Morgan fingerprint density at radius 3 is 2.75 bits per heavy atom. The summed E-state index contributed by atoms with van der Waals surface area (Å²) in [6.45, 7) is 3.11. The molecular weight excluding hydrogens is 382 g/mol. The number of carbonyl (C=O) groups excluding carboxylic acids is 2. The van der Waals surface area contributed by atoms with E-state index in [1.54, 1.807) is 30.2 Å². The molecule has 2 saturated heterocycles. The number of allylic oxidation sites excluding steroid dienone is 1. The SMILES string of the molecule is COCCN1C(=O)C2C=CC(C(=O)N3CCC4(CC3)OCCO4)=CC2=NC1=S. The Balaban J connectivity index is 1.45. The van der Waals surface area contributed by atoms with Crippen molar-refractivity contribution in [3.8, 4) is 0 Å². The molecule has 1 aliphatic carbocycles. The minimum absolute atomic E-state index is 0.0783. The van der Waals surface area contributed by atoms with E-state index >= 15 is 0 Å². The van der Waals surface area contributed by atoms with Gasteiger partial charge in [0.15, 0.2) is 5.79 Å². The van der Waals surface area contributed by atoms with Crippen molar-refractivity contribution in [2.75, 3.05) is 46.6 Å². The number of aliphatic imine (C=N–C) groups is 1. The third-order valence-corrected chi connectivity index (χ3v) is 5.78. The largest absolute Gasteiger partial charge is 0.383 e. The van der Waals surface area contributed by atoms with E-state index in [0.29, 0.717) is 63.6 Å². The fourth-order valence-corrected chi connectivity index (χ4v) is 4.17. The Morgan fingerprint density at radius 1 is 1.36 bits per heavy atom. The molecule has 0 aromatic heterocycles. The van der Waals surface area contributed by atoms with E-state index in [4.69, 9.17) is 26.4 Å². The first-order chi connectivity index (χ1) is 13.5. The minimum Gasteiger partial charge on any atom is -0.383 e. The van der Waals surface area contributed by atoms with Gasteiger partial charge in [0.2, 0.25) is 11.0 Å². The quantitative estimate of drug-likeness (QED) is 0.640. The smallest absolute Gasteiger partial charge is 0.253 e. The zero-order chi connectivity index (χ0) is 19.7. The molecule has 0 aromatic rings. The molecule has 3 heterocycles. The van der Waals surface area contributed by atoms with Crippen LogP contribution in [0.15, 0.2) is 28.8 Å². The third kappa shape index (κ3) is 3.55. The average molecular weight is 405 g/mol. The number of carbonyl (C=O) groups is 2. The van der Waals surface area contributed by atoms with Crippen LogP contribution in [0, 0.1) is 5.92 Å². The molecule has 28 heavy (non-hydrogen) atoms. The van der Waals surface area contributed by atoms with Crippen molar-refractivity contribution < 1.29 is 23.8 Å². The molecule has 0 saturated carbocycles. The summed E-state index contributed by atoms with van der Waals surface area (Å²) in [7, 11) is 1.57. The van der Waals surface area contributed by atoms with E-state index in [0.717, 1.165) is 0 Å². The van der Waals surface area contributed by atoms with Crippen LogP contribution in [0.5, 0.6) is 0 Å². The second kappa shape index (κ2) is 7.82. The molecule has 2 fully saturated rings. The fourth-order valence-electron chi connectivity index (χ4n) is 3.88. The van der Waals surface area contributed by atoms with Gasteiger partial charge in [-0.2, -0.15) is 0 Å². The van der Waals surface area contributed by atoms with E-state index in [2.05, 4.69) is 4.99 Å². The zero-order valence-corrected chi connectivity index (χ0v) is 16.6. The molecule has 1 unspecified atom stereocenters. The van der Waals surface area contributed by atoms with Gasteiger partial charge >= 0.3 is 0 Å². The van der Waals surface area contributed by atoms with Crippen LogP contribution in [0.3, 0.4) is 0 Å². The Morgan fingerprint density at radius 2 is 2.07 bits per heavy atom. The average Bonchev–Trinajstić information content (AvgIpc) is 3.15. The molecule has 150 valence electrons. The van der Waals surface area contributed by atoms with Crippen LogP contribution in [0.1, 0.15) is 12.8 Å². The molecule has 2 amide bonds. The molecule has 1 spiro atoms. The molecular formula is C19H23N3O5S. The van der Waals surface area contributed by atoms with Gasteiger partial charge in [-0.15, -0.1) is 0 Å². The van der Waals surface area contributed by atoms with Gasteiger partial charge in [0.05, 0.1) is 38.0 Å². The number of amides is 2. The van der Waals surface area contributed by atoms with Gasteiger partial charge in [-0.05, 0) is 18.3 Å². The van der Waals surface area contributed by atoms with Crippen LogP contribution < -0.4 is 0 Å². The van der Waals surface area contributed by atoms with Gasteiger partial charge in [-0.25, -0.2) is 4.99 Å². The maximum atomic E-state index is 12.9. The van der Waals surface area contributed by atoms with E-state index in [1.807, 2.05) is 0 Å². The van der Waals surface area contributed by atoms with Crippen molar-refractivity contribution in [1.82, 2.24) is 9.80 Å². The minimum atomic E-state index is -0.517. The Hall–Kier alpha value is -1.94. The lowest BCUT2D eigenvalue weighted by atomic mass is 9.91. The molecule has 3 aliphatic heterocycles. The Bertz CT molecular complexity index is 774. The standard InChI is InChI=1S/C19H23N3O5S/c1-25-9-8-22-17(24)14-3-2-13(12-15(14)20-18(22)28)16(23)21-6-4-19(5-7-21)26-10-11-27-19/h2-3,12,14H,4-11H2,1H3. The van der Waals surface area contributed by atoms with Crippen LogP contribution in [-0.4, -0.2) is 84.8 Å². The number of thiocarbonyl (C=S) groups is 1. The first kappa shape index (κ1) is 19.4. The molecule has 4 rings (SSSR count). The summed E-state index contributed by atoms with van der Waals surface area (Å²) in [5, 5.41) is 0.210. The van der Waals surface area contributed by atoms with Crippen molar-refractivity contribution in [1.29, 1.82) is 0 Å². The third-order valence-electron chi connectivity index (χ3n) is 5.47. The van der Waals surface area contributed by atoms with Gasteiger partial charge < -0.3 is 19.1 Å². The van der Waals surface area contributed by atoms with E-state index in [9.17, 15) is 9.59 Å². The highest BCUT2D eigenvalue weighted by molar-refractivity contribution is 7.80. The van der Waals surface area contributed by atoms with Crippen LogP contribution >= 0.6 is 12.2 Å². The monoisotopic (exact) mass is 405 g/mol. The number of hydrogen-bond donors (Lipinski definition) is 0. The van der Waals surface area contributed by atoms with Crippen LogP contribution in [0.2, 0.25) is 0 Å². The van der Waals surface area contributed by atoms with E-state index in [1.165, 1.54) is 4.90 Å². The van der Waals surface area contributed by atoms with Gasteiger partial charge in [0, 0.05) is 38.6 Å². The first-order valence-electron chi connectivity index (χ1n) is 9.43. The second-order valence-electron chi connectivity index (χ2n) is 7.14. The number of likely N-dealkylation sites (tertiary alicyclic amines) is 1. The molecule has 0 aromatic carbocycles. The molecule has 0 bridgehead atoms. The molecule has 0 N–H and O–H groups in total. The van der Waals surface area contributed by atoms with Crippen molar-refractivity contribution in [3.63, 3.8) is 0 Å². The predicted molar refractivity (Wildman–Crippen MR) is 105 cm³/mol. The van der Waals surface area contributed by atoms with Gasteiger partial charge in [0.1, 0.15) is 0 Å². The molecule has 4 aliphatic rings. The van der Waals surface area contributed by atoms with Crippen molar-refractivity contribution in [3.05, 3.63) is 23.8 Å². The van der Waals surface area contributed by atoms with Crippen LogP contribution in [0.4, 0.5) is 0 Å². The summed E-state index contributed by atoms with van der Waals surface area (Å²) in [6.07, 6.45) is 6.44. The second-order valence-corrected chi connectivity index (χ2v) is 7.50. The summed E-state index contributed by atoms with van der Waals surface area (Å²) in [6, 6.07) is 0. The van der Waals surface area contributed by atoms with Crippen molar-refractivity contribution in [2.45, 2.75) is 18.6 Å². The van der Waals surface area contributed by atoms with Gasteiger partial charge in [-0.1, -0.05) is 12.2 Å². The highest BCUT2D eigenvalue weighted by Gasteiger charge is 2.41. The highest BCUT2D eigenvalue weighted by atomic mass is 32.1. The van der Waals surface area contributed by atoms with E-state index in [-0.39, 0.29) is 16.9 Å². The van der Waals surface area contributed by atoms with E-state index < -0.39 is 11.7 Å². The van der Waals surface area contributed by atoms with Crippen molar-refractivity contribution in [2.24, 2.45) is 10.9 Å². The van der Waals surface area contributed by atoms with Crippen molar-refractivity contribution >= 4 is 34.9 Å². The summed E-state index contributed by atoms with van der Waals surface area (Å²) < 4.78 is 16.5. The number of rotatable bonds is 4. The number of ether oxygens (including phenoxy) is 3. The zero-order valence-electron chi connectivity index (χ0n) is 15.8. The lowest BCUT2D eigenvalue weighted by molar-refractivity contribution is -0.186. The maximum absolute atomic E-state index is 12.9. The number of nitrogens with zero attached hydrogens (tertiary/aromatic N) is 3. The van der Waals surface area contributed by atoms with Crippen LogP contribution in [-0.2, 0) is 23.8 Å². The molecule has 8 nitrogen and oxygen atoms in total. The predicted octanol–water partition coefficient (Wildman–Crippen LogP) is 0.679. The highest BCUT2D eigenvalue weighted by Crippen LogP contribution is 2.32. The van der Waals surface area contributed by atoms with Gasteiger partial charge in [0.25, 0.3) is 5.91 Å². The Kier molecular flexibility index (Phi) is 5.42. The van der Waals surface area contributed by atoms with Crippen LogP contribution in [0.25, 0.3) is 0 Å². The molecule has 9 heteroatoms. The van der Waals surface area contributed by atoms with Gasteiger partial charge in [-0.3, -0.25) is 14.5 Å². The topological polar surface area (TPSA) is 80.7 Å². The Labute approximate surface area is 168 Å². The summed E-state index contributed by atoms with van der Waals surface area (Å²) in [4.78, 5) is 33.2. The maximum Gasteiger partial charge on any atom is 0.253 e. The lowest BCUT2D eigenvalue weighted by Gasteiger charge is -2.38. The molecule has 0 radical (unpaired) electrons. The fraction of sp³-hybridized carbons (Fsp3) is 0.579.